The molecule has 53 heavy (non-hydrogen) atoms. The van der Waals surface area contributed by atoms with Crippen LogP contribution < -0.4 is 4.89 Å². The van der Waals surface area contributed by atoms with Crippen molar-refractivity contribution in [3.8, 4) is 0 Å². The molecule has 0 aliphatic carbocycles. The van der Waals surface area contributed by atoms with E-state index in [0.29, 0.717) is 23.9 Å². The summed E-state index contributed by atoms with van der Waals surface area (Å²) in [5.74, 6) is -0.887. The van der Waals surface area contributed by atoms with Gasteiger partial charge in [-0.15, -0.1) is 0 Å². The SMILES string of the molecule is CC/C=C/C=C/C=C/C=C/CCCCCCCC(=O)O[C@H](COC(=O)CCCCCCC/C=C/C/C=C/CCCC)COP(=O)([O-])OCC[N+](C)(C)C. The number of quaternary nitrogens is 1. The highest BCUT2D eigenvalue weighted by Gasteiger charge is 2.21. The Labute approximate surface area is 323 Å². The minimum absolute atomic E-state index is 0.0423. The Morgan fingerprint density at radius 2 is 1.15 bits per heavy atom. The van der Waals surface area contributed by atoms with E-state index in [4.69, 9.17) is 18.5 Å². The van der Waals surface area contributed by atoms with Gasteiger partial charge in [-0.2, -0.15) is 0 Å². The van der Waals surface area contributed by atoms with Crippen LogP contribution in [0.1, 0.15) is 136 Å². The van der Waals surface area contributed by atoms with E-state index in [1.54, 1.807) is 0 Å². The first-order chi connectivity index (χ1) is 25.5. The zero-order valence-electron chi connectivity index (χ0n) is 33.9. The highest BCUT2D eigenvalue weighted by Crippen LogP contribution is 2.38. The smallest absolute Gasteiger partial charge is 0.306 e. The van der Waals surface area contributed by atoms with Gasteiger partial charge in [0.1, 0.15) is 19.8 Å². The summed E-state index contributed by atoms with van der Waals surface area (Å²) in [6.07, 6.45) is 42.1. The minimum atomic E-state index is -4.63. The Morgan fingerprint density at radius 3 is 1.75 bits per heavy atom. The molecule has 9 nitrogen and oxygen atoms in total. The molecule has 0 spiro atoms. The number of nitrogens with zero attached hydrogens (tertiary/aromatic N) is 1. The molecule has 304 valence electrons. The van der Waals surface area contributed by atoms with Crippen molar-refractivity contribution in [2.45, 2.75) is 142 Å². The molecular formula is C43H74NO8P. The largest absolute Gasteiger partial charge is 0.756 e. The van der Waals surface area contributed by atoms with Gasteiger partial charge in [-0.25, -0.2) is 0 Å². The second kappa shape index (κ2) is 35.2. The molecule has 0 radical (unpaired) electrons. The van der Waals surface area contributed by atoms with E-state index in [0.717, 1.165) is 83.5 Å². The van der Waals surface area contributed by atoms with Crippen molar-refractivity contribution >= 4 is 19.8 Å². The molecular weight excluding hydrogens is 689 g/mol. The number of rotatable bonds is 35. The maximum atomic E-state index is 12.6. The van der Waals surface area contributed by atoms with Crippen LogP contribution in [0.25, 0.3) is 0 Å². The Morgan fingerprint density at radius 1 is 0.623 bits per heavy atom. The predicted molar refractivity (Wildman–Crippen MR) is 217 cm³/mol. The molecule has 0 fully saturated rings. The Bertz CT molecular complexity index is 1140. The highest BCUT2D eigenvalue weighted by atomic mass is 31.2. The lowest BCUT2D eigenvalue weighted by Gasteiger charge is -2.28. The number of ether oxygens (including phenoxy) is 2. The van der Waals surface area contributed by atoms with Crippen LogP contribution >= 0.6 is 7.82 Å². The summed E-state index contributed by atoms with van der Waals surface area (Å²) in [6, 6.07) is 0. The first kappa shape index (κ1) is 50.5. The Balaban J connectivity index is 4.50. The molecule has 0 N–H and O–H groups in total. The molecule has 0 aliphatic heterocycles. The summed E-state index contributed by atoms with van der Waals surface area (Å²) in [4.78, 5) is 37.4. The van der Waals surface area contributed by atoms with Crippen molar-refractivity contribution in [3.05, 3.63) is 72.9 Å². The van der Waals surface area contributed by atoms with Crippen molar-refractivity contribution in [2.24, 2.45) is 0 Å². The highest BCUT2D eigenvalue weighted by molar-refractivity contribution is 7.45. The molecule has 0 aliphatic rings. The van der Waals surface area contributed by atoms with Gasteiger partial charge >= 0.3 is 11.9 Å². The Kier molecular flexibility index (Phi) is 33.5. The number of likely N-dealkylation sites (N-methyl/N-ethyl adjacent to an activating group) is 1. The third-order valence-electron chi connectivity index (χ3n) is 8.06. The maximum Gasteiger partial charge on any atom is 0.306 e. The van der Waals surface area contributed by atoms with E-state index in [1.165, 1.54) is 12.8 Å². The van der Waals surface area contributed by atoms with Gasteiger partial charge in [-0.05, 0) is 57.8 Å². The van der Waals surface area contributed by atoms with Crippen molar-refractivity contribution < 1.29 is 42.1 Å². The minimum Gasteiger partial charge on any atom is -0.756 e. The first-order valence-corrected chi connectivity index (χ1v) is 21.7. The summed E-state index contributed by atoms with van der Waals surface area (Å²) in [5, 5.41) is 0. The van der Waals surface area contributed by atoms with Crippen LogP contribution in [-0.4, -0.2) is 70.0 Å². The fourth-order valence-electron chi connectivity index (χ4n) is 4.86. The number of allylic oxidation sites excluding steroid dienone is 12. The molecule has 0 aromatic heterocycles. The number of esters is 2. The number of carbonyl (C=O) groups excluding carboxylic acids is 2. The number of hydrogen-bond donors (Lipinski definition) is 0. The number of hydrogen-bond acceptors (Lipinski definition) is 8. The van der Waals surface area contributed by atoms with Gasteiger partial charge in [0, 0.05) is 12.8 Å². The molecule has 0 aromatic rings. The lowest BCUT2D eigenvalue weighted by Crippen LogP contribution is -2.37. The second-order valence-corrected chi connectivity index (χ2v) is 15.8. The zero-order chi connectivity index (χ0) is 39.3. The summed E-state index contributed by atoms with van der Waals surface area (Å²) in [5.41, 5.74) is 0. The van der Waals surface area contributed by atoms with Crippen LogP contribution in [0.3, 0.4) is 0 Å². The third-order valence-corrected chi connectivity index (χ3v) is 9.02. The quantitative estimate of drug-likeness (QED) is 0.0157. The van der Waals surface area contributed by atoms with Crippen LogP contribution in [0.15, 0.2) is 72.9 Å². The number of phosphoric ester groups is 1. The fraction of sp³-hybridized carbons (Fsp3) is 0.674. The van der Waals surface area contributed by atoms with Crippen molar-refractivity contribution in [1.29, 1.82) is 0 Å². The molecule has 0 heterocycles. The molecule has 0 aromatic carbocycles. The van der Waals surface area contributed by atoms with Crippen LogP contribution in [0.5, 0.6) is 0 Å². The summed E-state index contributed by atoms with van der Waals surface area (Å²) in [6.45, 7) is 3.97. The topological polar surface area (TPSA) is 111 Å². The first-order valence-electron chi connectivity index (χ1n) is 20.2. The third kappa shape index (κ3) is 39.0. The van der Waals surface area contributed by atoms with Gasteiger partial charge < -0.3 is 27.9 Å². The maximum absolute atomic E-state index is 12.6. The number of unbranched alkanes of at least 4 members (excludes halogenated alkanes) is 12. The molecule has 0 rings (SSSR count). The van der Waals surface area contributed by atoms with Gasteiger partial charge in [-0.3, -0.25) is 14.2 Å². The monoisotopic (exact) mass is 764 g/mol. The number of phosphoric acid groups is 1. The van der Waals surface area contributed by atoms with Crippen LogP contribution in [0, 0.1) is 0 Å². The average Bonchev–Trinajstić information content (AvgIpc) is 3.10. The molecule has 0 bridgehead atoms. The summed E-state index contributed by atoms with van der Waals surface area (Å²) >= 11 is 0. The number of carbonyl (C=O) groups is 2. The van der Waals surface area contributed by atoms with Crippen LogP contribution in [0.2, 0.25) is 0 Å². The lowest BCUT2D eigenvalue weighted by atomic mass is 10.1. The van der Waals surface area contributed by atoms with Crippen molar-refractivity contribution in [1.82, 2.24) is 0 Å². The molecule has 10 heteroatoms. The fourth-order valence-corrected chi connectivity index (χ4v) is 5.58. The summed E-state index contributed by atoms with van der Waals surface area (Å²) < 4.78 is 33.8. The van der Waals surface area contributed by atoms with Gasteiger partial charge in [0.15, 0.2) is 6.10 Å². The van der Waals surface area contributed by atoms with E-state index >= 15 is 0 Å². The van der Waals surface area contributed by atoms with Crippen molar-refractivity contribution in [3.63, 3.8) is 0 Å². The molecule has 0 saturated heterocycles. The Hall–Kier alpha value is -2.55. The van der Waals surface area contributed by atoms with Crippen LogP contribution in [-0.2, 0) is 32.7 Å². The molecule has 0 amide bonds. The van der Waals surface area contributed by atoms with E-state index in [2.05, 4.69) is 56.4 Å². The summed E-state index contributed by atoms with van der Waals surface area (Å²) in [7, 11) is 1.12. The van der Waals surface area contributed by atoms with Gasteiger partial charge in [-0.1, -0.05) is 138 Å². The van der Waals surface area contributed by atoms with E-state index in [1.807, 2.05) is 51.5 Å². The molecule has 0 saturated carbocycles. The van der Waals surface area contributed by atoms with Crippen LogP contribution in [0.4, 0.5) is 0 Å². The standard InChI is InChI=1S/C43H74NO8P/c1-6-8-10-12-14-16-18-20-22-24-26-28-30-32-34-36-43(46)52-41(40-51-53(47,48)50-38-37-44(3,4)5)39-49-42(45)35-33-31-29-27-25-23-21-19-17-15-13-11-9-7-2/h8,10,12-16,18-22,41H,6-7,9,11,17,23-40H2,1-5H3/b10-8+,14-12+,15-13+,18-16+,21-19+,22-20+/t41-/m1/s1. The van der Waals surface area contributed by atoms with Gasteiger partial charge in [0.2, 0.25) is 0 Å². The molecule has 1 unspecified atom stereocenters. The van der Waals surface area contributed by atoms with E-state index in [-0.39, 0.29) is 26.1 Å². The normalized spacial score (nSPS) is 14.5. The predicted octanol–water partition coefficient (Wildman–Crippen LogP) is 10.4. The van der Waals surface area contributed by atoms with Gasteiger partial charge in [0.05, 0.1) is 27.7 Å². The lowest BCUT2D eigenvalue weighted by molar-refractivity contribution is -0.870. The average molecular weight is 764 g/mol. The van der Waals surface area contributed by atoms with Crippen molar-refractivity contribution in [2.75, 3.05) is 47.5 Å². The second-order valence-electron chi connectivity index (χ2n) is 14.4. The molecule has 2 atom stereocenters. The van der Waals surface area contributed by atoms with Gasteiger partial charge in [0.25, 0.3) is 7.82 Å². The van der Waals surface area contributed by atoms with E-state index < -0.39 is 32.5 Å². The van der Waals surface area contributed by atoms with E-state index in [9.17, 15) is 19.0 Å². The zero-order valence-corrected chi connectivity index (χ0v) is 34.8.